The second kappa shape index (κ2) is 8.34. The van der Waals surface area contributed by atoms with E-state index in [-0.39, 0.29) is 11.8 Å². The molecule has 2 heterocycles. The Balaban J connectivity index is 1.29. The van der Waals surface area contributed by atoms with Crippen molar-refractivity contribution in [3.63, 3.8) is 0 Å². The van der Waals surface area contributed by atoms with E-state index in [1.165, 1.54) is 0 Å². The normalized spacial score (nSPS) is 14.2. The Morgan fingerprint density at radius 3 is 2.38 bits per heavy atom. The SMILES string of the molecule is COc1ccc(C(=O)N2CCN(C(=O)CCn3cnc4ccccc43)CC2)cc1. The second-order valence-electron chi connectivity index (χ2n) is 7.08. The molecule has 1 saturated heterocycles. The molecular weight excluding hydrogens is 368 g/mol. The first kappa shape index (κ1) is 19.0. The summed E-state index contributed by atoms with van der Waals surface area (Å²) < 4.78 is 7.14. The summed E-state index contributed by atoms with van der Waals surface area (Å²) >= 11 is 0. The Kier molecular flexibility index (Phi) is 5.46. The molecule has 0 unspecified atom stereocenters. The lowest BCUT2D eigenvalue weighted by Crippen LogP contribution is -2.50. The number of para-hydroxylation sites is 2. The zero-order chi connectivity index (χ0) is 20.2. The van der Waals surface area contributed by atoms with Crippen LogP contribution in [0.25, 0.3) is 11.0 Å². The molecule has 3 aromatic rings. The van der Waals surface area contributed by atoms with Gasteiger partial charge in [-0.25, -0.2) is 4.98 Å². The number of fused-ring (bicyclic) bond motifs is 1. The van der Waals surface area contributed by atoms with Crippen LogP contribution in [-0.4, -0.2) is 64.5 Å². The monoisotopic (exact) mass is 392 g/mol. The fraction of sp³-hybridized carbons (Fsp3) is 0.318. The number of benzene rings is 2. The molecule has 150 valence electrons. The van der Waals surface area contributed by atoms with Gasteiger partial charge in [-0.2, -0.15) is 0 Å². The topological polar surface area (TPSA) is 67.7 Å². The van der Waals surface area contributed by atoms with Crippen molar-refractivity contribution in [2.75, 3.05) is 33.3 Å². The molecule has 2 aromatic carbocycles. The van der Waals surface area contributed by atoms with E-state index in [9.17, 15) is 9.59 Å². The summed E-state index contributed by atoms with van der Waals surface area (Å²) in [4.78, 5) is 33.3. The van der Waals surface area contributed by atoms with E-state index in [4.69, 9.17) is 4.74 Å². The van der Waals surface area contributed by atoms with Crippen molar-refractivity contribution in [1.29, 1.82) is 0 Å². The Bertz CT molecular complexity index is 1000. The molecular formula is C22H24N4O3. The van der Waals surface area contributed by atoms with Crippen LogP contribution >= 0.6 is 0 Å². The number of carbonyl (C=O) groups excluding carboxylic acids is 2. The maximum Gasteiger partial charge on any atom is 0.253 e. The van der Waals surface area contributed by atoms with Crippen molar-refractivity contribution in [1.82, 2.24) is 19.4 Å². The molecule has 1 fully saturated rings. The summed E-state index contributed by atoms with van der Waals surface area (Å²) in [5.74, 6) is 0.826. The van der Waals surface area contributed by atoms with Crippen LogP contribution in [0.5, 0.6) is 5.75 Å². The number of hydrogen-bond acceptors (Lipinski definition) is 4. The number of nitrogens with zero attached hydrogens (tertiary/aromatic N) is 4. The van der Waals surface area contributed by atoms with E-state index in [1.54, 1.807) is 42.6 Å². The minimum atomic E-state index is -0.00960. The summed E-state index contributed by atoms with van der Waals surface area (Å²) in [6, 6.07) is 15.0. The van der Waals surface area contributed by atoms with Crippen LogP contribution in [0.1, 0.15) is 16.8 Å². The van der Waals surface area contributed by atoms with Gasteiger partial charge in [0, 0.05) is 44.7 Å². The maximum atomic E-state index is 12.7. The molecule has 0 aliphatic carbocycles. The highest BCUT2D eigenvalue weighted by atomic mass is 16.5. The summed E-state index contributed by atoms with van der Waals surface area (Å²) in [5, 5.41) is 0. The predicted octanol–water partition coefficient (Wildman–Crippen LogP) is 2.42. The van der Waals surface area contributed by atoms with E-state index in [1.807, 2.05) is 33.7 Å². The molecule has 7 heteroatoms. The standard InChI is InChI=1S/C22H24N4O3/c1-29-18-8-6-17(7-9-18)22(28)25-14-12-24(13-15-25)21(27)10-11-26-16-23-19-4-2-3-5-20(19)26/h2-9,16H,10-15H2,1H3. The van der Waals surface area contributed by atoms with Gasteiger partial charge in [-0.15, -0.1) is 0 Å². The van der Waals surface area contributed by atoms with Crippen LogP contribution in [-0.2, 0) is 11.3 Å². The molecule has 29 heavy (non-hydrogen) atoms. The largest absolute Gasteiger partial charge is 0.497 e. The number of amides is 2. The summed E-state index contributed by atoms with van der Waals surface area (Å²) in [6.07, 6.45) is 2.20. The number of ether oxygens (including phenoxy) is 1. The first-order chi connectivity index (χ1) is 14.2. The molecule has 0 spiro atoms. The molecule has 0 N–H and O–H groups in total. The van der Waals surface area contributed by atoms with Gasteiger partial charge >= 0.3 is 0 Å². The van der Waals surface area contributed by atoms with Crippen molar-refractivity contribution in [3.05, 3.63) is 60.4 Å². The van der Waals surface area contributed by atoms with E-state index in [0.29, 0.717) is 44.7 Å². The van der Waals surface area contributed by atoms with Gasteiger partial charge in [-0.05, 0) is 36.4 Å². The third-order valence-corrected chi connectivity index (χ3v) is 5.35. The number of imidazole rings is 1. The fourth-order valence-corrected chi connectivity index (χ4v) is 3.64. The number of rotatable bonds is 5. The van der Waals surface area contributed by atoms with Crippen molar-refractivity contribution in [2.24, 2.45) is 0 Å². The number of piperazine rings is 1. The maximum absolute atomic E-state index is 12.7. The first-order valence-electron chi connectivity index (χ1n) is 9.76. The van der Waals surface area contributed by atoms with Crippen LogP contribution in [0.3, 0.4) is 0 Å². The quantitative estimate of drug-likeness (QED) is 0.669. The fourth-order valence-electron chi connectivity index (χ4n) is 3.64. The van der Waals surface area contributed by atoms with Gasteiger partial charge < -0.3 is 19.1 Å². The second-order valence-corrected chi connectivity index (χ2v) is 7.08. The van der Waals surface area contributed by atoms with Gasteiger partial charge in [0.1, 0.15) is 5.75 Å². The molecule has 0 bridgehead atoms. The van der Waals surface area contributed by atoms with Gasteiger partial charge in [-0.3, -0.25) is 9.59 Å². The Labute approximate surface area is 169 Å². The smallest absolute Gasteiger partial charge is 0.253 e. The average Bonchev–Trinajstić information content (AvgIpc) is 3.20. The Morgan fingerprint density at radius 1 is 0.966 bits per heavy atom. The predicted molar refractivity (Wildman–Crippen MR) is 110 cm³/mol. The van der Waals surface area contributed by atoms with Crippen LogP contribution in [0.15, 0.2) is 54.9 Å². The first-order valence-corrected chi connectivity index (χ1v) is 9.76. The third kappa shape index (κ3) is 4.08. The minimum absolute atomic E-state index is 0.00960. The highest BCUT2D eigenvalue weighted by molar-refractivity contribution is 5.94. The molecule has 1 aliphatic rings. The highest BCUT2D eigenvalue weighted by Gasteiger charge is 2.24. The zero-order valence-electron chi connectivity index (χ0n) is 16.5. The van der Waals surface area contributed by atoms with Crippen LogP contribution in [0.2, 0.25) is 0 Å². The molecule has 2 amide bonds. The van der Waals surface area contributed by atoms with Crippen molar-refractivity contribution >= 4 is 22.8 Å². The van der Waals surface area contributed by atoms with Gasteiger partial charge in [0.25, 0.3) is 5.91 Å². The summed E-state index contributed by atoms with van der Waals surface area (Å²) in [7, 11) is 1.60. The zero-order valence-corrected chi connectivity index (χ0v) is 16.5. The highest BCUT2D eigenvalue weighted by Crippen LogP contribution is 2.16. The molecule has 0 radical (unpaired) electrons. The summed E-state index contributed by atoms with van der Waals surface area (Å²) in [5.41, 5.74) is 2.61. The number of carbonyl (C=O) groups is 2. The van der Waals surface area contributed by atoms with Crippen LogP contribution < -0.4 is 4.74 Å². The van der Waals surface area contributed by atoms with Gasteiger partial charge in [-0.1, -0.05) is 12.1 Å². The molecule has 1 aliphatic heterocycles. The number of methoxy groups -OCH3 is 1. The summed E-state index contributed by atoms with van der Waals surface area (Å²) in [6.45, 7) is 2.82. The molecule has 7 nitrogen and oxygen atoms in total. The van der Waals surface area contributed by atoms with Gasteiger partial charge in [0.2, 0.25) is 5.91 Å². The lowest BCUT2D eigenvalue weighted by molar-refractivity contribution is -0.132. The molecule has 1 aromatic heterocycles. The van der Waals surface area contributed by atoms with E-state index in [0.717, 1.165) is 16.8 Å². The third-order valence-electron chi connectivity index (χ3n) is 5.35. The molecule has 0 atom stereocenters. The van der Waals surface area contributed by atoms with Crippen molar-refractivity contribution in [3.8, 4) is 5.75 Å². The van der Waals surface area contributed by atoms with E-state index < -0.39 is 0 Å². The lowest BCUT2D eigenvalue weighted by atomic mass is 10.1. The van der Waals surface area contributed by atoms with Crippen molar-refractivity contribution in [2.45, 2.75) is 13.0 Å². The average molecular weight is 392 g/mol. The number of aromatic nitrogens is 2. The molecule has 0 saturated carbocycles. The number of aryl methyl sites for hydroxylation is 1. The van der Waals surface area contributed by atoms with Crippen molar-refractivity contribution < 1.29 is 14.3 Å². The number of hydrogen-bond donors (Lipinski definition) is 0. The van der Waals surface area contributed by atoms with Crippen LogP contribution in [0.4, 0.5) is 0 Å². The van der Waals surface area contributed by atoms with Gasteiger partial charge in [0.05, 0.1) is 24.5 Å². The van der Waals surface area contributed by atoms with Crippen LogP contribution in [0, 0.1) is 0 Å². The lowest BCUT2D eigenvalue weighted by Gasteiger charge is -2.35. The molecule has 4 rings (SSSR count). The Morgan fingerprint density at radius 2 is 1.66 bits per heavy atom. The minimum Gasteiger partial charge on any atom is -0.497 e. The van der Waals surface area contributed by atoms with Gasteiger partial charge in [0.15, 0.2) is 0 Å². The van der Waals surface area contributed by atoms with E-state index >= 15 is 0 Å². The Hall–Kier alpha value is -3.35. The van der Waals surface area contributed by atoms with E-state index in [2.05, 4.69) is 4.98 Å².